The largest absolute Gasteiger partial charge is 0.386 e. The average Bonchev–Trinajstić information content (AvgIpc) is 2.05. The van der Waals surface area contributed by atoms with Crippen LogP contribution in [0.25, 0.3) is 0 Å². The molecule has 0 saturated carbocycles. The maximum Gasteiger partial charge on any atom is 0.123 e. The molecular formula is C11H20O2. The number of hydrogen-bond donors (Lipinski definition) is 1. The van der Waals surface area contributed by atoms with Gasteiger partial charge in [-0.15, -0.1) is 0 Å². The minimum Gasteiger partial charge on any atom is -0.386 e. The van der Waals surface area contributed by atoms with Gasteiger partial charge in [0.25, 0.3) is 0 Å². The Morgan fingerprint density at radius 2 is 2.08 bits per heavy atom. The van der Waals surface area contributed by atoms with Crippen LogP contribution < -0.4 is 0 Å². The molecule has 0 aromatic carbocycles. The molecule has 13 heavy (non-hydrogen) atoms. The lowest BCUT2D eigenvalue weighted by Crippen LogP contribution is -2.20. The van der Waals surface area contributed by atoms with Gasteiger partial charge in [0.1, 0.15) is 6.29 Å². The number of carbonyl (C=O) groups is 1. The summed E-state index contributed by atoms with van der Waals surface area (Å²) in [4.78, 5) is 10.0. The summed E-state index contributed by atoms with van der Waals surface area (Å²) in [5, 5.41) is 9.76. The fourth-order valence-electron chi connectivity index (χ4n) is 1.19. The number of aldehydes is 1. The average molecular weight is 184 g/mol. The molecule has 0 spiro atoms. The maximum absolute atomic E-state index is 10.0. The molecule has 0 aliphatic heterocycles. The van der Waals surface area contributed by atoms with Crippen molar-refractivity contribution in [1.82, 2.24) is 0 Å². The van der Waals surface area contributed by atoms with Crippen LogP contribution in [-0.2, 0) is 4.79 Å². The zero-order valence-corrected chi connectivity index (χ0v) is 8.62. The Morgan fingerprint density at radius 3 is 2.62 bits per heavy atom. The van der Waals surface area contributed by atoms with Crippen LogP contribution in [0.1, 0.15) is 46.0 Å². The molecule has 76 valence electrons. The molecule has 2 heteroatoms. The highest BCUT2D eigenvalue weighted by Crippen LogP contribution is 2.15. The Bertz CT molecular complexity index is 159. The van der Waals surface area contributed by atoms with Crippen molar-refractivity contribution in [2.75, 3.05) is 0 Å². The SMILES string of the molecule is CCCCCC(C)(O)C=CCC=O. The monoisotopic (exact) mass is 184 g/mol. The third kappa shape index (κ3) is 7.72. The van der Waals surface area contributed by atoms with Gasteiger partial charge >= 0.3 is 0 Å². The van der Waals surface area contributed by atoms with Crippen LogP contribution in [0.4, 0.5) is 0 Å². The minimum absolute atomic E-state index is 0.393. The summed E-state index contributed by atoms with van der Waals surface area (Å²) in [5.41, 5.74) is -0.738. The smallest absolute Gasteiger partial charge is 0.123 e. The van der Waals surface area contributed by atoms with Crippen molar-refractivity contribution in [1.29, 1.82) is 0 Å². The summed E-state index contributed by atoms with van der Waals surface area (Å²) in [7, 11) is 0. The first-order valence-corrected chi connectivity index (χ1v) is 4.96. The Morgan fingerprint density at radius 1 is 1.38 bits per heavy atom. The van der Waals surface area contributed by atoms with Crippen LogP contribution >= 0.6 is 0 Å². The fraction of sp³-hybridized carbons (Fsp3) is 0.727. The van der Waals surface area contributed by atoms with Gasteiger partial charge in [-0.25, -0.2) is 0 Å². The molecule has 0 amide bonds. The maximum atomic E-state index is 10.0. The molecular weight excluding hydrogens is 164 g/mol. The first-order chi connectivity index (χ1) is 6.12. The summed E-state index contributed by atoms with van der Waals surface area (Å²) < 4.78 is 0. The Labute approximate surface area is 80.7 Å². The highest BCUT2D eigenvalue weighted by atomic mass is 16.3. The number of unbranched alkanes of at least 4 members (excludes halogenated alkanes) is 2. The van der Waals surface area contributed by atoms with E-state index < -0.39 is 5.60 Å². The van der Waals surface area contributed by atoms with E-state index in [4.69, 9.17) is 0 Å². The number of carbonyl (C=O) groups excluding carboxylic acids is 1. The van der Waals surface area contributed by atoms with E-state index in [9.17, 15) is 9.90 Å². The lowest BCUT2D eigenvalue weighted by atomic mass is 9.98. The van der Waals surface area contributed by atoms with Gasteiger partial charge in [0.05, 0.1) is 5.60 Å². The molecule has 1 atom stereocenters. The lowest BCUT2D eigenvalue weighted by Gasteiger charge is -2.18. The second-order valence-corrected chi connectivity index (χ2v) is 3.62. The van der Waals surface area contributed by atoms with E-state index in [0.29, 0.717) is 6.42 Å². The highest BCUT2D eigenvalue weighted by molar-refractivity contribution is 5.51. The summed E-state index contributed by atoms with van der Waals surface area (Å²) >= 11 is 0. The quantitative estimate of drug-likeness (QED) is 0.375. The standard InChI is InChI=1S/C11H20O2/c1-3-4-5-8-11(2,13)9-6-7-10-12/h6,9-10,13H,3-5,7-8H2,1-2H3. The molecule has 0 bridgehead atoms. The second kappa shape index (κ2) is 6.84. The van der Waals surface area contributed by atoms with Gasteiger partial charge in [-0.05, 0) is 13.3 Å². The van der Waals surface area contributed by atoms with Gasteiger partial charge in [0, 0.05) is 6.42 Å². The summed E-state index contributed by atoms with van der Waals surface area (Å²) in [6.07, 6.45) is 8.79. The van der Waals surface area contributed by atoms with Crippen LogP contribution in [0, 0.1) is 0 Å². The number of hydrogen-bond acceptors (Lipinski definition) is 2. The molecule has 0 heterocycles. The van der Waals surface area contributed by atoms with E-state index >= 15 is 0 Å². The Kier molecular flexibility index (Phi) is 6.51. The first-order valence-electron chi connectivity index (χ1n) is 4.96. The summed E-state index contributed by atoms with van der Waals surface area (Å²) in [5.74, 6) is 0. The zero-order chi connectivity index (χ0) is 10.2. The van der Waals surface area contributed by atoms with E-state index in [1.54, 1.807) is 19.1 Å². The predicted molar refractivity (Wildman–Crippen MR) is 54.6 cm³/mol. The topological polar surface area (TPSA) is 37.3 Å². The highest BCUT2D eigenvalue weighted by Gasteiger charge is 2.14. The molecule has 0 aliphatic rings. The van der Waals surface area contributed by atoms with E-state index in [2.05, 4.69) is 6.92 Å². The number of allylic oxidation sites excluding steroid dienone is 1. The molecule has 2 nitrogen and oxygen atoms in total. The zero-order valence-electron chi connectivity index (χ0n) is 8.62. The van der Waals surface area contributed by atoms with Gasteiger partial charge in [0.2, 0.25) is 0 Å². The van der Waals surface area contributed by atoms with E-state index in [0.717, 1.165) is 32.0 Å². The van der Waals surface area contributed by atoms with Crippen molar-refractivity contribution in [2.45, 2.75) is 51.6 Å². The van der Waals surface area contributed by atoms with E-state index in [1.165, 1.54) is 0 Å². The van der Waals surface area contributed by atoms with E-state index in [1.807, 2.05) is 0 Å². The van der Waals surface area contributed by atoms with Gasteiger partial charge in [-0.1, -0.05) is 38.3 Å². The van der Waals surface area contributed by atoms with Crippen LogP contribution in [0.2, 0.25) is 0 Å². The van der Waals surface area contributed by atoms with Crippen molar-refractivity contribution in [3.05, 3.63) is 12.2 Å². The number of aliphatic hydroxyl groups is 1. The van der Waals surface area contributed by atoms with Crippen molar-refractivity contribution in [3.63, 3.8) is 0 Å². The molecule has 1 N–H and O–H groups in total. The fourth-order valence-corrected chi connectivity index (χ4v) is 1.19. The molecule has 0 saturated heterocycles. The van der Waals surface area contributed by atoms with Gasteiger partial charge in [-0.3, -0.25) is 0 Å². The third-order valence-electron chi connectivity index (χ3n) is 2.00. The summed E-state index contributed by atoms with van der Waals surface area (Å²) in [6, 6.07) is 0. The van der Waals surface area contributed by atoms with Gasteiger partial charge < -0.3 is 9.90 Å². The normalized spacial score (nSPS) is 15.9. The van der Waals surface area contributed by atoms with Crippen molar-refractivity contribution < 1.29 is 9.90 Å². The molecule has 0 radical (unpaired) electrons. The molecule has 0 aliphatic carbocycles. The number of rotatable bonds is 7. The lowest BCUT2D eigenvalue weighted by molar-refractivity contribution is -0.107. The minimum atomic E-state index is -0.738. The molecule has 1 unspecified atom stereocenters. The second-order valence-electron chi connectivity index (χ2n) is 3.62. The van der Waals surface area contributed by atoms with Crippen molar-refractivity contribution in [2.24, 2.45) is 0 Å². The summed E-state index contributed by atoms with van der Waals surface area (Å²) in [6.45, 7) is 3.92. The van der Waals surface area contributed by atoms with Gasteiger partial charge in [-0.2, -0.15) is 0 Å². The molecule has 0 fully saturated rings. The molecule has 0 aromatic heterocycles. The third-order valence-corrected chi connectivity index (χ3v) is 2.00. The Balaban J connectivity index is 3.71. The Hall–Kier alpha value is -0.630. The van der Waals surface area contributed by atoms with Crippen LogP contribution in [0.3, 0.4) is 0 Å². The van der Waals surface area contributed by atoms with Crippen LogP contribution in [0.15, 0.2) is 12.2 Å². The molecule has 0 rings (SSSR count). The van der Waals surface area contributed by atoms with Crippen LogP contribution in [0.5, 0.6) is 0 Å². The first kappa shape index (κ1) is 12.4. The van der Waals surface area contributed by atoms with Crippen molar-refractivity contribution in [3.8, 4) is 0 Å². The van der Waals surface area contributed by atoms with Crippen LogP contribution in [-0.4, -0.2) is 17.0 Å². The van der Waals surface area contributed by atoms with Crippen molar-refractivity contribution >= 4 is 6.29 Å². The van der Waals surface area contributed by atoms with Gasteiger partial charge in [0.15, 0.2) is 0 Å². The predicted octanol–water partition coefficient (Wildman–Crippen LogP) is 2.46. The molecule has 0 aromatic rings. The van der Waals surface area contributed by atoms with E-state index in [-0.39, 0.29) is 0 Å².